The maximum Gasteiger partial charge on any atom is 0.281 e. The first-order valence-corrected chi connectivity index (χ1v) is 8.33. The van der Waals surface area contributed by atoms with Gasteiger partial charge in [-0.15, -0.1) is 11.3 Å². The summed E-state index contributed by atoms with van der Waals surface area (Å²) in [6, 6.07) is 21.1. The van der Waals surface area contributed by atoms with Gasteiger partial charge < -0.3 is 4.74 Å². The molecule has 0 radical (unpaired) electrons. The van der Waals surface area contributed by atoms with E-state index >= 15 is 0 Å². The highest BCUT2D eigenvalue weighted by Gasteiger charge is 2.05. The van der Waals surface area contributed by atoms with Crippen LogP contribution in [0, 0.1) is 0 Å². The lowest BCUT2D eigenvalue weighted by atomic mass is 10.2. The van der Waals surface area contributed by atoms with Gasteiger partial charge in [-0.3, -0.25) is 4.79 Å². The molecule has 2 aromatic carbocycles. The Morgan fingerprint density at radius 1 is 1.04 bits per heavy atom. The second-order valence-corrected chi connectivity index (χ2v) is 5.94. The van der Waals surface area contributed by atoms with Crippen molar-refractivity contribution in [1.82, 2.24) is 5.43 Å². The lowest BCUT2D eigenvalue weighted by Gasteiger charge is -2.08. The van der Waals surface area contributed by atoms with Crippen LogP contribution in [-0.2, 0) is 6.61 Å². The fourth-order valence-corrected chi connectivity index (χ4v) is 2.69. The average molecular weight is 336 g/mol. The molecule has 3 aromatic rings. The van der Waals surface area contributed by atoms with Gasteiger partial charge in [0.05, 0.1) is 11.1 Å². The lowest BCUT2D eigenvalue weighted by Crippen LogP contribution is -2.16. The third kappa shape index (κ3) is 4.30. The molecule has 1 amide bonds. The predicted molar refractivity (Wildman–Crippen MR) is 96.6 cm³/mol. The smallest absolute Gasteiger partial charge is 0.281 e. The number of carbonyl (C=O) groups excluding carboxylic acids is 1. The fourth-order valence-electron chi connectivity index (χ4n) is 2.08. The number of nitrogens with one attached hydrogen (secondary N) is 1. The highest BCUT2D eigenvalue weighted by Crippen LogP contribution is 2.17. The number of amides is 1. The van der Waals surface area contributed by atoms with E-state index in [4.69, 9.17) is 4.74 Å². The minimum atomic E-state index is -0.219. The van der Waals surface area contributed by atoms with Crippen LogP contribution in [0.2, 0.25) is 0 Å². The van der Waals surface area contributed by atoms with Crippen molar-refractivity contribution in [2.45, 2.75) is 6.61 Å². The molecule has 0 unspecified atom stereocenters. The number of hydrogen-bond donors (Lipinski definition) is 1. The van der Waals surface area contributed by atoms with Crippen LogP contribution in [0.5, 0.6) is 5.75 Å². The van der Waals surface area contributed by atoms with Gasteiger partial charge >= 0.3 is 0 Å². The molecule has 1 heterocycles. The van der Waals surface area contributed by atoms with Crippen LogP contribution >= 0.6 is 11.3 Å². The molecule has 3 rings (SSSR count). The van der Waals surface area contributed by atoms with E-state index in [0.29, 0.717) is 11.5 Å². The topological polar surface area (TPSA) is 50.7 Å². The van der Waals surface area contributed by atoms with Gasteiger partial charge in [0.25, 0.3) is 5.91 Å². The third-order valence-corrected chi connectivity index (χ3v) is 4.14. The third-order valence-electron chi connectivity index (χ3n) is 3.27. The van der Waals surface area contributed by atoms with Crippen LogP contribution in [-0.4, -0.2) is 12.1 Å². The van der Waals surface area contributed by atoms with Crippen molar-refractivity contribution in [2.24, 2.45) is 5.10 Å². The van der Waals surface area contributed by atoms with Gasteiger partial charge in [0.2, 0.25) is 0 Å². The molecule has 24 heavy (non-hydrogen) atoms. The molecule has 4 nitrogen and oxygen atoms in total. The summed E-state index contributed by atoms with van der Waals surface area (Å²) < 4.78 is 5.85. The van der Waals surface area contributed by atoms with Crippen molar-refractivity contribution in [3.05, 3.63) is 88.1 Å². The van der Waals surface area contributed by atoms with E-state index in [1.165, 1.54) is 11.3 Å². The molecule has 0 bridgehead atoms. The fraction of sp³-hybridized carbons (Fsp3) is 0.0526. The normalized spacial score (nSPS) is 10.7. The number of nitrogens with zero attached hydrogens (tertiary/aromatic N) is 1. The van der Waals surface area contributed by atoms with Gasteiger partial charge in [0.15, 0.2) is 0 Å². The zero-order valence-electron chi connectivity index (χ0n) is 12.9. The summed E-state index contributed by atoms with van der Waals surface area (Å²) in [5.41, 5.74) is 4.42. The number of carbonyl (C=O) groups is 1. The van der Waals surface area contributed by atoms with Gasteiger partial charge in [-0.1, -0.05) is 48.5 Å². The van der Waals surface area contributed by atoms with Crippen LogP contribution < -0.4 is 10.2 Å². The van der Waals surface area contributed by atoms with Crippen molar-refractivity contribution in [1.29, 1.82) is 0 Å². The predicted octanol–water partition coefficient (Wildman–Crippen LogP) is 4.09. The number of benzene rings is 2. The lowest BCUT2D eigenvalue weighted by molar-refractivity contribution is 0.0959. The molecule has 5 heteroatoms. The van der Waals surface area contributed by atoms with Gasteiger partial charge in [-0.25, -0.2) is 5.43 Å². The van der Waals surface area contributed by atoms with E-state index in [0.717, 1.165) is 16.9 Å². The van der Waals surface area contributed by atoms with Crippen LogP contribution in [0.1, 0.15) is 20.8 Å². The van der Waals surface area contributed by atoms with Crippen molar-refractivity contribution in [3.63, 3.8) is 0 Å². The van der Waals surface area contributed by atoms with Gasteiger partial charge in [0.1, 0.15) is 12.4 Å². The van der Waals surface area contributed by atoms with Crippen LogP contribution in [0.3, 0.4) is 0 Å². The summed E-state index contributed by atoms with van der Waals surface area (Å²) in [7, 11) is 0. The summed E-state index contributed by atoms with van der Waals surface area (Å²) in [6.07, 6.45) is 1.59. The van der Waals surface area contributed by atoms with Gasteiger partial charge in [-0.2, -0.15) is 5.10 Å². The first-order chi connectivity index (χ1) is 11.8. The number of thiophene rings is 1. The highest BCUT2D eigenvalue weighted by atomic mass is 32.1. The standard InChI is InChI=1S/C19H16N2O2S/c22-19(18-11-6-12-24-18)21-20-13-16-9-4-5-10-17(16)23-14-15-7-2-1-3-8-15/h1-13H,14H2,(H,21,22)/b20-13-. The van der Waals surface area contributed by atoms with Gasteiger partial charge in [0, 0.05) is 5.56 Å². The van der Waals surface area contributed by atoms with Crippen LogP contribution in [0.25, 0.3) is 0 Å². The maximum atomic E-state index is 11.8. The van der Waals surface area contributed by atoms with Crippen molar-refractivity contribution in [2.75, 3.05) is 0 Å². The van der Waals surface area contributed by atoms with Crippen molar-refractivity contribution >= 4 is 23.5 Å². The number of ether oxygens (including phenoxy) is 1. The molecule has 0 saturated heterocycles. The van der Waals surface area contributed by atoms with Crippen molar-refractivity contribution in [3.8, 4) is 5.75 Å². The molecule has 1 N–H and O–H groups in total. The Morgan fingerprint density at radius 3 is 2.62 bits per heavy atom. The Morgan fingerprint density at radius 2 is 1.83 bits per heavy atom. The summed E-state index contributed by atoms with van der Waals surface area (Å²) in [6.45, 7) is 0.479. The Bertz CT molecular complexity index is 814. The SMILES string of the molecule is O=C(N/N=C\c1ccccc1OCc1ccccc1)c1cccs1. The Labute approximate surface area is 144 Å². The Hall–Kier alpha value is -2.92. The van der Waals surface area contributed by atoms with Gasteiger partial charge in [-0.05, 0) is 29.1 Å². The molecule has 0 aliphatic heterocycles. The van der Waals surface area contributed by atoms with E-state index < -0.39 is 0 Å². The van der Waals surface area contributed by atoms with E-state index in [9.17, 15) is 4.79 Å². The Balaban J connectivity index is 1.63. The van der Waals surface area contributed by atoms with Crippen LogP contribution in [0.4, 0.5) is 0 Å². The number of rotatable bonds is 6. The largest absolute Gasteiger partial charge is 0.488 e. The quantitative estimate of drug-likeness (QED) is 0.544. The number of hydrazone groups is 1. The zero-order chi connectivity index (χ0) is 16.6. The summed E-state index contributed by atoms with van der Waals surface area (Å²) in [5, 5.41) is 5.87. The average Bonchev–Trinajstić information content (AvgIpc) is 3.16. The molecule has 0 atom stereocenters. The van der Waals surface area contributed by atoms with Crippen LogP contribution in [0.15, 0.2) is 77.2 Å². The minimum Gasteiger partial charge on any atom is -0.488 e. The first-order valence-electron chi connectivity index (χ1n) is 7.45. The number of hydrogen-bond acceptors (Lipinski definition) is 4. The highest BCUT2D eigenvalue weighted by molar-refractivity contribution is 7.12. The molecule has 120 valence electrons. The molecule has 1 aromatic heterocycles. The maximum absolute atomic E-state index is 11.8. The second kappa shape index (κ2) is 8.08. The molecule has 0 fully saturated rings. The number of para-hydroxylation sites is 1. The van der Waals surface area contributed by atoms with E-state index in [2.05, 4.69) is 10.5 Å². The van der Waals surface area contributed by atoms with E-state index in [1.807, 2.05) is 66.0 Å². The monoisotopic (exact) mass is 336 g/mol. The van der Waals surface area contributed by atoms with E-state index in [1.54, 1.807) is 12.3 Å². The summed E-state index contributed by atoms with van der Waals surface area (Å²) >= 11 is 1.38. The molecular formula is C19H16N2O2S. The molecular weight excluding hydrogens is 320 g/mol. The van der Waals surface area contributed by atoms with Crippen molar-refractivity contribution < 1.29 is 9.53 Å². The molecule has 0 aliphatic rings. The second-order valence-electron chi connectivity index (χ2n) is 4.99. The molecule has 0 spiro atoms. The van der Waals surface area contributed by atoms with E-state index in [-0.39, 0.29) is 5.91 Å². The summed E-state index contributed by atoms with van der Waals surface area (Å²) in [5.74, 6) is 0.499. The minimum absolute atomic E-state index is 0.219. The summed E-state index contributed by atoms with van der Waals surface area (Å²) in [4.78, 5) is 12.5. The molecule has 0 aliphatic carbocycles. The molecule has 0 saturated carbocycles. The Kier molecular flexibility index (Phi) is 5.37. The zero-order valence-corrected chi connectivity index (χ0v) is 13.7. The first kappa shape index (κ1) is 16.0.